The van der Waals surface area contributed by atoms with Crippen LogP contribution in [-0.4, -0.2) is 56.8 Å². The number of hydrogen-bond acceptors (Lipinski definition) is 7. The van der Waals surface area contributed by atoms with Gasteiger partial charge in [-0.2, -0.15) is 13.2 Å². The highest BCUT2D eigenvalue weighted by Crippen LogP contribution is 2.42. The van der Waals surface area contributed by atoms with E-state index in [1.165, 1.54) is 19.1 Å². The lowest BCUT2D eigenvalue weighted by molar-refractivity contribution is -0.149. The van der Waals surface area contributed by atoms with Crippen molar-refractivity contribution in [2.45, 2.75) is 63.3 Å². The van der Waals surface area contributed by atoms with Crippen molar-refractivity contribution in [1.29, 1.82) is 0 Å². The van der Waals surface area contributed by atoms with Gasteiger partial charge in [0.25, 0.3) is 5.91 Å². The zero-order chi connectivity index (χ0) is 28.1. The quantitative estimate of drug-likeness (QED) is 0.428. The van der Waals surface area contributed by atoms with Gasteiger partial charge in [-0.1, -0.05) is 11.2 Å². The first-order valence-electron chi connectivity index (χ1n) is 12.0. The second-order valence-electron chi connectivity index (χ2n) is 9.70. The summed E-state index contributed by atoms with van der Waals surface area (Å²) in [5, 5.41) is 11.5. The molecular weight excluding hydrogens is 538 g/mol. The van der Waals surface area contributed by atoms with Crippen LogP contribution in [0, 0.1) is 18.7 Å². The standard InChI is InChI=1S/C23H22F6N6O4/c1-10-16(34-39-33-10)19(36)31-17(11-4-6-22(25,26)7-5-11)20-32-18-13(38-20)3-2-12(15(18)24)8-35-9-14(23(27,28)29)30-21(35)37/h2-3,11,14,17H,4-9H2,1H3,(H,30,37)(H,31,36)/t14-,17-/m0/s1. The number of urea groups is 1. The molecule has 3 amide bonds. The predicted octanol–water partition coefficient (Wildman–Crippen LogP) is 4.41. The number of hydrogen-bond donors (Lipinski definition) is 2. The number of alkyl halides is 5. The fourth-order valence-electron chi connectivity index (χ4n) is 4.82. The summed E-state index contributed by atoms with van der Waals surface area (Å²) in [6.45, 7) is 0.328. The van der Waals surface area contributed by atoms with Crippen LogP contribution in [-0.2, 0) is 6.54 Å². The monoisotopic (exact) mass is 560 g/mol. The van der Waals surface area contributed by atoms with Gasteiger partial charge < -0.3 is 20.0 Å². The van der Waals surface area contributed by atoms with Gasteiger partial charge in [-0.25, -0.2) is 27.6 Å². The first-order valence-corrected chi connectivity index (χ1v) is 12.0. The molecule has 2 atom stereocenters. The maximum absolute atomic E-state index is 15.4. The summed E-state index contributed by atoms with van der Waals surface area (Å²) in [6.07, 6.45) is -5.47. The molecule has 1 saturated carbocycles. The zero-order valence-electron chi connectivity index (χ0n) is 20.3. The third-order valence-electron chi connectivity index (χ3n) is 6.99. The first kappa shape index (κ1) is 26.7. The van der Waals surface area contributed by atoms with Crippen molar-refractivity contribution in [1.82, 2.24) is 30.8 Å². The summed E-state index contributed by atoms with van der Waals surface area (Å²) in [5.41, 5.74) is -0.373. The Balaban J connectivity index is 1.43. The number of fused-ring (bicyclic) bond motifs is 1. The Bertz CT molecular complexity index is 1400. The van der Waals surface area contributed by atoms with E-state index in [0.29, 0.717) is 0 Å². The highest BCUT2D eigenvalue weighted by Gasteiger charge is 2.47. The van der Waals surface area contributed by atoms with Crippen molar-refractivity contribution in [3.05, 3.63) is 40.8 Å². The lowest BCUT2D eigenvalue weighted by Gasteiger charge is -2.32. The van der Waals surface area contributed by atoms with Crippen LogP contribution >= 0.6 is 0 Å². The number of carbonyl (C=O) groups is 2. The average molecular weight is 560 g/mol. The molecule has 2 aliphatic rings. The van der Waals surface area contributed by atoms with Crippen molar-refractivity contribution in [2.75, 3.05) is 6.54 Å². The minimum Gasteiger partial charge on any atom is -0.438 e. The molecule has 16 heteroatoms. The number of amides is 3. The van der Waals surface area contributed by atoms with E-state index in [0.717, 1.165) is 4.90 Å². The molecule has 1 aromatic carbocycles. The van der Waals surface area contributed by atoms with Crippen LogP contribution in [0.3, 0.4) is 0 Å². The molecule has 3 aromatic rings. The molecule has 0 bridgehead atoms. The van der Waals surface area contributed by atoms with Crippen LogP contribution in [0.15, 0.2) is 21.2 Å². The fourth-order valence-corrected chi connectivity index (χ4v) is 4.82. The van der Waals surface area contributed by atoms with Crippen LogP contribution in [0.2, 0.25) is 0 Å². The van der Waals surface area contributed by atoms with Gasteiger partial charge in [0.15, 0.2) is 17.1 Å². The molecule has 1 aliphatic carbocycles. The van der Waals surface area contributed by atoms with Crippen LogP contribution in [0.4, 0.5) is 31.1 Å². The highest BCUT2D eigenvalue weighted by atomic mass is 19.4. The molecule has 5 rings (SSSR count). The summed E-state index contributed by atoms with van der Waals surface area (Å²) in [5.74, 6) is -5.18. The van der Waals surface area contributed by atoms with Crippen molar-refractivity contribution in [3.63, 3.8) is 0 Å². The third-order valence-corrected chi connectivity index (χ3v) is 6.99. The molecule has 1 aliphatic heterocycles. The zero-order valence-corrected chi connectivity index (χ0v) is 20.3. The van der Waals surface area contributed by atoms with E-state index in [4.69, 9.17) is 4.42 Å². The van der Waals surface area contributed by atoms with Gasteiger partial charge in [0, 0.05) is 18.4 Å². The van der Waals surface area contributed by atoms with Gasteiger partial charge in [0.05, 0.1) is 13.1 Å². The molecule has 1 saturated heterocycles. The summed E-state index contributed by atoms with van der Waals surface area (Å²) in [6, 6.07) is -1.52. The lowest BCUT2D eigenvalue weighted by Crippen LogP contribution is -2.40. The fraction of sp³-hybridized carbons (Fsp3) is 0.522. The Morgan fingerprint density at radius 3 is 2.59 bits per heavy atom. The van der Waals surface area contributed by atoms with Crippen LogP contribution in [0.25, 0.3) is 11.1 Å². The minimum absolute atomic E-state index is 0.0187. The third kappa shape index (κ3) is 5.36. The molecule has 2 aromatic heterocycles. The molecule has 2 N–H and O–H groups in total. The van der Waals surface area contributed by atoms with Gasteiger partial charge >= 0.3 is 12.2 Å². The van der Waals surface area contributed by atoms with Gasteiger partial charge in [0.2, 0.25) is 11.8 Å². The molecular formula is C23H22F6N6O4. The van der Waals surface area contributed by atoms with E-state index >= 15 is 4.39 Å². The number of carbonyl (C=O) groups excluding carboxylic acids is 2. The molecule has 0 unspecified atom stereocenters. The number of oxazole rings is 1. The molecule has 3 heterocycles. The largest absolute Gasteiger partial charge is 0.438 e. The van der Waals surface area contributed by atoms with Crippen molar-refractivity contribution >= 4 is 23.0 Å². The predicted molar refractivity (Wildman–Crippen MR) is 119 cm³/mol. The number of rotatable bonds is 6. The molecule has 210 valence electrons. The molecule has 10 nitrogen and oxygen atoms in total. The Morgan fingerprint density at radius 2 is 1.97 bits per heavy atom. The van der Waals surface area contributed by atoms with Gasteiger partial charge in [-0.05, 0) is 36.9 Å². The summed E-state index contributed by atoms with van der Waals surface area (Å²) >= 11 is 0. The smallest absolute Gasteiger partial charge is 0.410 e. The Morgan fingerprint density at radius 1 is 1.26 bits per heavy atom. The topological polar surface area (TPSA) is 126 Å². The Kier molecular flexibility index (Phi) is 6.66. The highest BCUT2D eigenvalue weighted by molar-refractivity contribution is 5.93. The molecule has 2 fully saturated rings. The van der Waals surface area contributed by atoms with E-state index in [1.807, 2.05) is 5.32 Å². The number of nitrogens with zero attached hydrogens (tertiary/aromatic N) is 4. The number of aromatic nitrogens is 3. The summed E-state index contributed by atoms with van der Waals surface area (Å²) in [4.78, 5) is 29.9. The van der Waals surface area contributed by atoms with E-state index in [9.17, 15) is 31.5 Å². The van der Waals surface area contributed by atoms with E-state index in [2.05, 4.69) is 25.2 Å². The second kappa shape index (κ2) is 9.72. The minimum atomic E-state index is -4.66. The maximum atomic E-state index is 15.4. The Hall–Kier alpha value is -3.85. The average Bonchev–Trinajstić information content (AvgIpc) is 3.58. The number of nitrogens with one attached hydrogen (secondary N) is 2. The van der Waals surface area contributed by atoms with Crippen molar-refractivity contribution in [2.24, 2.45) is 5.92 Å². The summed E-state index contributed by atoms with van der Waals surface area (Å²) in [7, 11) is 0. The van der Waals surface area contributed by atoms with Crippen LogP contribution in [0.5, 0.6) is 0 Å². The van der Waals surface area contributed by atoms with E-state index in [1.54, 1.807) is 0 Å². The number of benzene rings is 1. The lowest BCUT2D eigenvalue weighted by atomic mass is 9.82. The number of halogens is 6. The van der Waals surface area contributed by atoms with Crippen LogP contribution < -0.4 is 10.6 Å². The van der Waals surface area contributed by atoms with E-state index < -0.39 is 73.8 Å². The second-order valence-corrected chi connectivity index (χ2v) is 9.70. The van der Waals surface area contributed by atoms with Gasteiger partial charge in [-0.15, -0.1) is 0 Å². The van der Waals surface area contributed by atoms with Gasteiger partial charge in [0.1, 0.15) is 23.3 Å². The van der Waals surface area contributed by atoms with Gasteiger partial charge in [-0.3, -0.25) is 4.79 Å². The SMILES string of the molecule is Cc1nonc1C(=O)N[C@H](c1nc2c(F)c(CN3C[C@@H](C(F)(F)F)NC3=O)ccc2o1)C1CCC(F)(F)CC1. The maximum Gasteiger partial charge on any atom is 0.410 e. The normalized spacial score (nSPS) is 20.8. The van der Waals surface area contributed by atoms with Crippen LogP contribution in [0.1, 0.15) is 59.4 Å². The molecule has 0 radical (unpaired) electrons. The van der Waals surface area contributed by atoms with Crippen molar-refractivity contribution < 1.29 is 45.0 Å². The number of aryl methyl sites for hydroxylation is 1. The molecule has 0 spiro atoms. The molecule has 39 heavy (non-hydrogen) atoms. The summed E-state index contributed by atoms with van der Waals surface area (Å²) < 4.78 is 92.3. The van der Waals surface area contributed by atoms with Crippen molar-refractivity contribution in [3.8, 4) is 0 Å². The Labute approximate surface area is 216 Å². The van der Waals surface area contributed by atoms with E-state index in [-0.39, 0.29) is 46.8 Å². The first-order chi connectivity index (χ1) is 18.3.